The topological polar surface area (TPSA) is 52.0 Å². The fraction of sp³-hybridized carbons (Fsp3) is 0.235. The molecule has 0 bridgehead atoms. The predicted molar refractivity (Wildman–Crippen MR) is 80.4 cm³/mol. The third kappa shape index (κ3) is 2.73. The van der Waals surface area contributed by atoms with Crippen molar-refractivity contribution < 1.29 is 4.42 Å². The predicted octanol–water partition coefficient (Wildman–Crippen LogP) is 3.77. The summed E-state index contributed by atoms with van der Waals surface area (Å²) in [6.07, 6.45) is 3.43. The first-order valence-corrected chi connectivity index (χ1v) is 6.87. The van der Waals surface area contributed by atoms with Gasteiger partial charge in [-0.3, -0.25) is 4.98 Å². The molecule has 1 aromatic carbocycles. The van der Waals surface area contributed by atoms with E-state index in [1.165, 1.54) is 0 Å². The Morgan fingerprint density at radius 1 is 1.20 bits per heavy atom. The van der Waals surface area contributed by atoms with Gasteiger partial charge in [0.15, 0.2) is 0 Å². The molecule has 3 rings (SSSR count). The van der Waals surface area contributed by atoms with Gasteiger partial charge in [-0.15, -0.1) is 0 Å². The van der Waals surface area contributed by atoms with Gasteiger partial charge < -0.3 is 10.2 Å². The minimum Gasteiger partial charge on any atom is -0.469 e. The largest absolute Gasteiger partial charge is 0.469 e. The lowest BCUT2D eigenvalue weighted by molar-refractivity contribution is 0.488. The van der Waals surface area contributed by atoms with Crippen molar-refractivity contribution in [1.29, 1.82) is 0 Å². The number of hydrogen-bond donors (Lipinski definition) is 1. The maximum absolute atomic E-state index is 6.27. The van der Waals surface area contributed by atoms with Crippen molar-refractivity contribution in [3.05, 3.63) is 65.7 Å². The number of benzene rings is 1. The van der Waals surface area contributed by atoms with E-state index in [4.69, 9.17) is 10.2 Å². The Kier molecular flexibility index (Phi) is 3.52. The fourth-order valence-corrected chi connectivity index (χ4v) is 2.40. The molecule has 1 atom stereocenters. The fourth-order valence-electron chi connectivity index (χ4n) is 2.40. The Balaban J connectivity index is 1.77. The maximum Gasteiger partial charge on any atom is 0.103 e. The number of furan rings is 1. The highest BCUT2D eigenvalue weighted by molar-refractivity contribution is 5.79. The van der Waals surface area contributed by atoms with E-state index >= 15 is 0 Å². The van der Waals surface area contributed by atoms with E-state index in [-0.39, 0.29) is 6.04 Å². The SMILES string of the molecule is Cc1ccc2cc(C(N)CCc3ccco3)ccc2n1. The Labute approximate surface area is 118 Å². The highest BCUT2D eigenvalue weighted by Crippen LogP contribution is 2.21. The molecule has 2 aromatic heterocycles. The molecule has 3 heteroatoms. The molecule has 2 heterocycles. The van der Waals surface area contributed by atoms with Crippen LogP contribution in [0.15, 0.2) is 53.1 Å². The Hall–Kier alpha value is -2.13. The second-order valence-electron chi connectivity index (χ2n) is 5.13. The van der Waals surface area contributed by atoms with Gasteiger partial charge in [-0.05, 0) is 49.2 Å². The molecule has 0 fully saturated rings. The van der Waals surface area contributed by atoms with Crippen molar-refractivity contribution in [1.82, 2.24) is 4.98 Å². The number of hydrogen-bond acceptors (Lipinski definition) is 3. The van der Waals surface area contributed by atoms with Crippen LogP contribution in [-0.4, -0.2) is 4.98 Å². The molecule has 0 radical (unpaired) electrons. The van der Waals surface area contributed by atoms with E-state index in [1.807, 2.05) is 31.2 Å². The zero-order valence-electron chi connectivity index (χ0n) is 11.5. The summed E-state index contributed by atoms with van der Waals surface area (Å²) in [6.45, 7) is 2.00. The number of nitrogens with two attached hydrogens (primary N) is 1. The lowest BCUT2D eigenvalue weighted by atomic mass is 10.00. The van der Waals surface area contributed by atoms with Gasteiger partial charge in [0, 0.05) is 23.5 Å². The van der Waals surface area contributed by atoms with Gasteiger partial charge in [-0.1, -0.05) is 12.1 Å². The molecule has 0 amide bonds. The Morgan fingerprint density at radius 2 is 2.10 bits per heavy atom. The lowest BCUT2D eigenvalue weighted by Crippen LogP contribution is -2.11. The molecule has 0 aliphatic heterocycles. The monoisotopic (exact) mass is 266 g/mol. The van der Waals surface area contributed by atoms with E-state index in [9.17, 15) is 0 Å². The van der Waals surface area contributed by atoms with Crippen LogP contribution >= 0.6 is 0 Å². The van der Waals surface area contributed by atoms with Crippen LogP contribution in [0.2, 0.25) is 0 Å². The second-order valence-corrected chi connectivity index (χ2v) is 5.13. The molecule has 1 unspecified atom stereocenters. The number of aromatic nitrogens is 1. The number of aryl methyl sites for hydroxylation is 2. The molecule has 20 heavy (non-hydrogen) atoms. The van der Waals surface area contributed by atoms with Crippen LogP contribution in [0, 0.1) is 6.92 Å². The molecule has 3 aromatic rings. The highest BCUT2D eigenvalue weighted by Gasteiger charge is 2.08. The minimum atomic E-state index is 0.0193. The normalized spacial score (nSPS) is 12.7. The van der Waals surface area contributed by atoms with Gasteiger partial charge in [0.2, 0.25) is 0 Å². The van der Waals surface area contributed by atoms with Crippen LogP contribution in [0.25, 0.3) is 10.9 Å². The molecule has 0 aliphatic carbocycles. The van der Waals surface area contributed by atoms with Crippen molar-refractivity contribution in [2.75, 3.05) is 0 Å². The van der Waals surface area contributed by atoms with E-state index < -0.39 is 0 Å². The van der Waals surface area contributed by atoms with E-state index in [0.29, 0.717) is 0 Å². The van der Waals surface area contributed by atoms with Gasteiger partial charge in [-0.25, -0.2) is 0 Å². The summed E-state index contributed by atoms with van der Waals surface area (Å²) in [5.74, 6) is 0.985. The van der Waals surface area contributed by atoms with Crippen LogP contribution in [0.4, 0.5) is 0 Å². The van der Waals surface area contributed by atoms with Crippen LogP contribution < -0.4 is 5.73 Å². The Morgan fingerprint density at radius 3 is 2.90 bits per heavy atom. The zero-order valence-corrected chi connectivity index (χ0v) is 11.5. The third-order valence-electron chi connectivity index (χ3n) is 3.56. The second kappa shape index (κ2) is 5.47. The van der Waals surface area contributed by atoms with Crippen LogP contribution in [0.1, 0.15) is 29.5 Å². The first kappa shape index (κ1) is 12.9. The van der Waals surface area contributed by atoms with Crippen molar-refractivity contribution in [3.8, 4) is 0 Å². The van der Waals surface area contributed by atoms with E-state index in [1.54, 1.807) is 6.26 Å². The summed E-state index contributed by atoms with van der Waals surface area (Å²) in [5, 5.41) is 1.14. The average molecular weight is 266 g/mol. The number of nitrogens with zero attached hydrogens (tertiary/aromatic N) is 1. The van der Waals surface area contributed by atoms with Crippen molar-refractivity contribution in [2.24, 2.45) is 5.73 Å². The first-order valence-electron chi connectivity index (χ1n) is 6.87. The van der Waals surface area contributed by atoms with Gasteiger partial charge in [0.1, 0.15) is 5.76 Å². The number of rotatable bonds is 4. The van der Waals surface area contributed by atoms with Gasteiger partial charge in [-0.2, -0.15) is 0 Å². The molecule has 3 nitrogen and oxygen atoms in total. The number of fused-ring (bicyclic) bond motifs is 1. The summed E-state index contributed by atoms with van der Waals surface area (Å²) < 4.78 is 5.34. The van der Waals surface area contributed by atoms with Crippen LogP contribution in [-0.2, 0) is 6.42 Å². The van der Waals surface area contributed by atoms with E-state index in [0.717, 1.165) is 40.8 Å². The van der Waals surface area contributed by atoms with Crippen LogP contribution in [0.5, 0.6) is 0 Å². The molecule has 0 aliphatic rings. The standard InChI is InChI=1S/C17H18N2O/c1-12-4-5-14-11-13(6-9-17(14)19-12)16(18)8-7-15-3-2-10-20-15/h2-6,9-11,16H,7-8,18H2,1H3. The zero-order chi connectivity index (χ0) is 13.9. The highest BCUT2D eigenvalue weighted by atomic mass is 16.3. The van der Waals surface area contributed by atoms with Crippen LogP contribution in [0.3, 0.4) is 0 Å². The summed E-state index contributed by atoms with van der Waals surface area (Å²) in [4.78, 5) is 4.51. The molecule has 0 saturated heterocycles. The summed E-state index contributed by atoms with van der Waals surface area (Å²) in [7, 11) is 0. The first-order chi connectivity index (χ1) is 9.72. The molecular weight excluding hydrogens is 248 g/mol. The molecule has 2 N–H and O–H groups in total. The molecular formula is C17H18N2O. The van der Waals surface area contributed by atoms with Gasteiger partial charge in [0.05, 0.1) is 11.8 Å². The van der Waals surface area contributed by atoms with E-state index in [2.05, 4.69) is 23.2 Å². The summed E-state index contributed by atoms with van der Waals surface area (Å²) in [6, 6.07) is 14.3. The summed E-state index contributed by atoms with van der Waals surface area (Å²) in [5.41, 5.74) is 9.47. The molecule has 0 saturated carbocycles. The lowest BCUT2D eigenvalue weighted by Gasteiger charge is -2.12. The van der Waals surface area contributed by atoms with Crippen molar-refractivity contribution >= 4 is 10.9 Å². The molecule has 0 spiro atoms. The van der Waals surface area contributed by atoms with Gasteiger partial charge in [0.25, 0.3) is 0 Å². The average Bonchev–Trinajstić information content (AvgIpc) is 2.97. The minimum absolute atomic E-state index is 0.0193. The molecule has 102 valence electrons. The Bertz CT molecular complexity index is 704. The number of pyridine rings is 1. The van der Waals surface area contributed by atoms with Gasteiger partial charge >= 0.3 is 0 Å². The maximum atomic E-state index is 6.27. The smallest absolute Gasteiger partial charge is 0.103 e. The van der Waals surface area contributed by atoms with Crippen molar-refractivity contribution in [3.63, 3.8) is 0 Å². The third-order valence-corrected chi connectivity index (χ3v) is 3.56. The quantitative estimate of drug-likeness (QED) is 0.782. The summed E-state index contributed by atoms with van der Waals surface area (Å²) >= 11 is 0. The van der Waals surface area contributed by atoms with Crippen molar-refractivity contribution in [2.45, 2.75) is 25.8 Å².